The molecule has 3 aromatic carbocycles. The van der Waals surface area contributed by atoms with E-state index in [1.54, 1.807) is 6.92 Å². The lowest BCUT2D eigenvalue weighted by molar-refractivity contribution is -0.132. The van der Waals surface area contributed by atoms with Crippen LogP contribution in [0.2, 0.25) is 0 Å². The van der Waals surface area contributed by atoms with E-state index in [1.807, 2.05) is 97.1 Å². The summed E-state index contributed by atoms with van der Waals surface area (Å²) in [6, 6.07) is 30.1. The molecular weight excluding hydrogens is 308 g/mol. The Balaban J connectivity index is 2.40. The standard InChI is InChI=1S/C23H20O2/c1-18(22(24)25)17-23(19-11-5-2-6-12-19,20-13-7-3-8-14-20)21-15-9-4-10-16-21/h2-17H,1H3,(H,24,25). The lowest BCUT2D eigenvalue weighted by Gasteiger charge is -2.33. The van der Waals surface area contributed by atoms with Crippen LogP contribution in [-0.2, 0) is 10.2 Å². The van der Waals surface area contributed by atoms with Gasteiger partial charge in [0.05, 0.1) is 5.41 Å². The summed E-state index contributed by atoms with van der Waals surface area (Å²) >= 11 is 0. The van der Waals surface area contributed by atoms with Crippen molar-refractivity contribution in [1.82, 2.24) is 0 Å². The minimum Gasteiger partial charge on any atom is -0.478 e. The smallest absolute Gasteiger partial charge is 0.330 e. The highest BCUT2D eigenvalue weighted by Crippen LogP contribution is 2.41. The predicted molar refractivity (Wildman–Crippen MR) is 101 cm³/mol. The molecule has 0 fully saturated rings. The van der Waals surface area contributed by atoms with Crippen LogP contribution in [0.15, 0.2) is 103 Å². The maximum atomic E-state index is 11.6. The fraction of sp³-hybridized carbons (Fsp3) is 0.0870. The maximum absolute atomic E-state index is 11.6. The van der Waals surface area contributed by atoms with Gasteiger partial charge in [-0.1, -0.05) is 97.1 Å². The summed E-state index contributed by atoms with van der Waals surface area (Å²) in [5, 5.41) is 9.52. The summed E-state index contributed by atoms with van der Waals surface area (Å²) in [6.07, 6.45) is 1.86. The van der Waals surface area contributed by atoms with Gasteiger partial charge in [-0.15, -0.1) is 0 Å². The third kappa shape index (κ3) is 3.24. The molecule has 0 aliphatic rings. The molecule has 0 bridgehead atoms. The van der Waals surface area contributed by atoms with Crippen LogP contribution >= 0.6 is 0 Å². The first-order chi connectivity index (χ1) is 12.1. The van der Waals surface area contributed by atoms with Gasteiger partial charge in [0.1, 0.15) is 0 Å². The number of benzene rings is 3. The number of allylic oxidation sites excluding steroid dienone is 1. The van der Waals surface area contributed by atoms with E-state index in [2.05, 4.69) is 0 Å². The van der Waals surface area contributed by atoms with Gasteiger partial charge in [-0.25, -0.2) is 4.79 Å². The second kappa shape index (κ2) is 7.18. The molecule has 1 N–H and O–H groups in total. The first-order valence-electron chi connectivity index (χ1n) is 8.24. The Morgan fingerprint density at radius 3 is 1.32 bits per heavy atom. The Bertz CT molecular complexity index is 769. The predicted octanol–water partition coefficient (Wildman–Crippen LogP) is 5.05. The molecule has 3 rings (SSSR count). The van der Waals surface area contributed by atoms with Crippen LogP contribution in [0, 0.1) is 0 Å². The zero-order valence-corrected chi connectivity index (χ0v) is 14.1. The van der Waals surface area contributed by atoms with Crippen molar-refractivity contribution in [1.29, 1.82) is 0 Å². The van der Waals surface area contributed by atoms with Crippen molar-refractivity contribution in [2.24, 2.45) is 0 Å². The number of aliphatic carboxylic acids is 1. The molecule has 0 saturated carbocycles. The molecule has 0 saturated heterocycles. The highest BCUT2D eigenvalue weighted by atomic mass is 16.4. The van der Waals surface area contributed by atoms with Gasteiger partial charge in [-0.3, -0.25) is 0 Å². The second-order valence-corrected chi connectivity index (χ2v) is 6.04. The second-order valence-electron chi connectivity index (χ2n) is 6.04. The number of rotatable bonds is 5. The van der Waals surface area contributed by atoms with Crippen molar-refractivity contribution < 1.29 is 9.90 Å². The topological polar surface area (TPSA) is 37.3 Å². The van der Waals surface area contributed by atoms with Crippen molar-refractivity contribution in [3.05, 3.63) is 119 Å². The monoisotopic (exact) mass is 328 g/mol. The Hall–Kier alpha value is -3.13. The molecule has 25 heavy (non-hydrogen) atoms. The molecule has 3 aromatic rings. The number of carboxylic acids is 1. The van der Waals surface area contributed by atoms with Gasteiger partial charge in [-0.05, 0) is 23.6 Å². The van der Waals surface area contributed by atoms with E-state index < -0.39 is 11.4 Å². The lowest BCUT2D eigenvalue weighted by atomic mass is 9.68. The molecule has 0 atom stereocenters. The van der Waals surface area contributed by atoms with Gasteiger partial charge in [-0.2, -0.15) is 0 Å². The molecule has 2 nitrogen and oxygen atoms in total. The molecule has 0 spiro atoms. The normalized spacial score (nSPS) is 12.0. The highest BCUT2D eigenvalue weighted by molar-refractivity contribution is 5.86. The third-order valence-corrected chi connectivity index (χ3v) is 4.46. The summed E-state index contributed by atoms with van der Waals surface area (Å²) in [6.45, 7) is 1.64. The summed E-state index contributed by atoms with van der Waals surface area (Å²) in [7, 11) is 0. The van der Waals surface area contributed by atoms with E-state index in [4.69, 9.17) is 0 Å². The number of carbonyl (C=O) groups is 1. The van der Waals surface area contributed by atoms with E-state index >= 15 is 0 Å². The van der Waals surface area contributed by atoms with Gasteiger partial charge in [0.15, 0.2) is 0 Å². The maximum Gasteiger partial charge on any atom is 0.330 e. The molecule has 0 amide bonds. The quantitative estimate of drug-likeness (QED) is 0.525. The third-order valence-electron chi connectivity index (χ3n) is 4.46. The van der Waals surface area contributed by atoms with E-state index in [9.17, 15) is 9.90 Å². The number of carboxylic acid groups (broad SMARTS) is 1. The fourth-order valence-corrected chi connectivity index (χ4v) is 3.24. The minimum absolute atomic E-state index is 0.316. The molecule has 0 aliphatic carbocycles. The molecule has 0 aliphatic heterocycles. The van der Waals surface area contributed by atoms with Gasteiger partial charge < -0.3 is 5.11 Å². The molecule has 0 aromatic heterocycles. The zero-order valence-electron chi connectivity index (χ0n) is 14.1. The SMILES string of the molecule is CC(=CC(c1ccccc1)(c1ccccc1)c1ccccc1)C(=O)O. The molecule has 0 unspecified atom stereocenters. The molecule has 2 heteroatoms. The van der Waals surface area contributed by atoms with Gasteiger partial charge >= 0.3 is 5.97 Å². The van der Waals surface area contributed by atoms with Gasteiger partial charge in [0.25, 0.3) is 0 Å². The number of hydrogen-bond donors (Lipinski definition) is 1. The average Bonchev–Trinajstić information content (AvgIpc) is 2.68. The lowest BCUT2D eigenvalue weighted by Crippen LogP contribution is -2.28. The van der Waals surface area contributed by atoms with Crippen LogP contribution in [0.5, 0.6) is 0 Å². The van der Waals surface area contributed by atoms with Crippen LogP contribution in [0.1, 0.15) is 23.6 Å². The minimum atomic E-state index is -0.910. The zero-order chi connectivity index (χ0) is 17.7. The fourth-order valence-electron chi connectivity index (χ4n) is 3.24. The van der Waals surface area contributed by atoms with Crippen LogP contribution in [0.4, 0.5) is 0 Å². The summed E-state index contributed by atoms with van der Waals surface area (Å²) in [5.74, 6) is -0.910. The Morgan fingerprint density at radius 2 is 1.04 bits per heavy atom. The Labute approximate surface area is 148 Å². The average molecular weight is 328 g/mol. The molecule has 0 radical (unpaired) electrons. The van der Waals surface area contributed by atoms with Gasteiger partial charge in [0, 0.05) is 5.57 Å². The van der Waals surface area contributed by atoms with Crippen LogP contribution in [-0.4, -0.2) is 11.1 Å². The van der Waals surface area contributed by atoms with Crippen LogP contribution in [0.25, 0.3) is 0 Å². The molecule has 124 valence electrons. The Morgan fingerprint density at radius 1 is 0.720 bits per heavy atom. The van der Waals surface area contributed by atoms with E-state index in [-0.39, 0.29) is 0 Å². The van der Waals surface area contributed by atoms with Crippen LogP contribution < -0.4 is 0 Å². The Kier molecular flexibility index (Phi) is 4.80. The number of hydrogen-bond acceptors (Lipinski definition) is 1. The van der Waals surface area contributed by atoms with Crippen molar-refractivity contribution in [3.8, 4) is 0 Å². The van der Waals surface area contributed by atoms with Gasteiger partial charge in [0.2, 0.25) is 0 Å². The molecule has 0 heterocycles. The summed E-state index contributed by atoms with van der Waals surface area (Å²) < 4.78 is 0. The van der Waals surface area contributed by atoms with Crippen LogP contribution in [0.3, 0.4) is 0 Å². The highest BCUT2D eigenvalue weighted by Gasteiger charge is 2.34. The van der Waals surface area contributed by atoms with E-state index in [0.717, 1.165) is 16.7 Å². The summed E-state index contributed by atoms with van der Waals surface area (Å²) in [5.41, 5.74) is 2.76. The van der Waals surface area contributed by atoms with Crippen molar-refractivity contribution >= 4 is 5.97 Å². The van der Waals surface area contributed by atoms with Crippen molar-refractivity contribution in [2.75, 3.05) is 0 Å². The van der Waals surface area contributed by atoms with Crippen molar-refractivity contribution in [2.45, 2.75) is 12.3 Å². The first kappa shape index (κ1) is 16.7. The largest absolute Gasteiger partial charge is 0.478 e. The first-order valence-corrected chi connectivity index (χ1v) is 8.24. The molecular formula is C23H20O2. The van der Waals surface area contributed by atoms with E-state index in [1.165, 1.54) is 0 Å². The van der Waals surface area contributed by atoms with E-state index in [0.29, 0.717) is 5.57 Å². The summed E-state index contributed by atoms with van der Waals surface area (Å²) in [4.78, 5) is 11.6. The van der Waals surface area contributed by atoms with Crippen molar-refractivity contribution in [3.63, 3.8) is 0 Å².